The summed E-state index contributed by atoms with van der Waals surface area (Å²) >= 11 is 1.53. The molecular formula is C20H16N4O3S. The van der Waals surface area contributed by atoms with Crippen LogP contribution in [0.1, 0.15) is 17.0 Å². The van der Waals surface area contributed by atoms with Crippen molar-refractivity contribution in [3.05, 3.63) is 75.7 Å². The summed E-state index contributed by atoms with van der Waals surface area (Å²) < 4.78 is 5.69. The highest BCUT2D eigenvalue weighted by molar-refractivity contribution is 7.98. The number of fused-ring (bicyclic) bond motifs is 1. The summed E-state index contributed by atoms with van der Waals surface area (Å²) in [5.41, 5.74) is 3.98. The van der Waals surface area contributed by atoms with Crippen LogP contribution >= 0.6 is 11.8 Å². The summed E-state index contributed by atoms with van der Waals surface area (Å²) in [5, 5.41) is 20.9. The van der Waals surface area contributed by atoms with Crippen molar-refractivity contribution in [1.29, 1.82) is 0 Å². The van der Waals surface area contributed by atoms with Gasteiger partial charge >= 0.3 is 0 Å². The van der Waals surface area contributed by atoms with Crippen LogP contribution in [0, 0.1) is 24.0 Å². The molecule has 4 rings (SSSR count). The standard InChI is InChI=1S/C20H16N4O3S/c1-12-4-3-5-16-13(2)10-18(21-19(12)16)28-11-17-22-23-20(27-17)14-6-8-15(9-7-14)24(25)26/h3-10H,11H2,1-2H3. The van der Waals surface area contributed by atoms with Gasteiger partial charge in [0.2, 0.25) is 11.8 Å². The Kier molecular flexibility index (Phi) is 4.79. The number of pyridine rings is 1. The molecule has 0 atom stereocenters. The van der Waals surface area contributed by atoms with Crippen molar-refractivity contribution in [2.45, 2.75) is 24.6 Å². The molecule has 28 heavy (non-hydrogen) atoms. The fourth-order valence-corrected chi connectivity index (χ4v) is 3.70. The fourth-order valence-electron chi connectivity index (χ4n) is 2.89. The van der Waals surface area contributed by atoms with E-state index in [9.17, 15) is 10.1 Å². The largest absolute Gasteiger partial charge is 0.420 e. The molecule has 140 valence electrons. The number of thioether (sulfide) groups is 1. The number of para-hydroxylation sites is 1. The van der Waals surface area contributed by atoms with Gasteiger partial charge in [-0.05, 0) is 43.2 Å². The van der Waals surface area contributed by atoms with Gasteiger partial charge in [-0.3, -0.25) is 10.1 Å². The molecule has 4 aromatic rings. The Bertz CT molecular complexity index is 1170. The summed E-state index contributed by atoms with van der Waals surface area (Å²) in [6.45, 7) is 4.13. The van der Waals surface area contributed by atoms with Gasteiger partial charge in [-0.15, -0.1) is 10.2 Å². The lowest BCUT2D eigenvalue weighted by atomic mass is 10.1. The smallest absolute Gasteiger partial charge is 0.269 e. The Labute approximate surface area is 165 Å². The van der Waals surface area contributed by atoms with Gasteiger partial charge in [-0.2, -0.15) is 0 Å². The van der Waals surface area contributed by atoms with Crippen molar-refractivity contribution in [2.75, 3.05) is 0 Å². The second-order valence-electron chi connectivity index (χ2n) is 6.34. The zero-order valence-electron chi connectivity index (χ0n) is 15.2. The third-order valence-corrected chi connectivity index (χ3v) is 5.26. The highest BCUT2D eigenvalue weighted by atomic mass is 32.2. The number of benzene rings is 2. The molecule has 0 saturated carbocycles. The maximum atomic E-state index is 10.7. The Balaban J connectivity index is 1.51. The molecule has 0 unspecified atom stereocenters. The van der Waals surface area contributed by atoms with Crippen LogP contribution < -0.4 is 0 Å². The van der Waals surface area contributed by atoms with Crippen LogP contribution in [0.2, 0.25) is 0 Å². The van der Waals surface area contributed by atoms with E-state index in [-0.39, 0.29) is 5.69 Å². The Hall–Kier alpha value is -3.26. The maximum Gasteiger partial charge on any atom is 0.269 e. The van der Waals surface area contributed by atoms with Crippen LogP contribution in [0.5, 0.6) is 0 Å². The molecule has 7 nitrogen and oxygen atoms in total. The number of non-ortho nitro benzene ring substituents is 1. The molecule has 2 aromatic heterocycles. The topological polar surface area (TPSA) is 95.0 Å². The zero-order chi connectivity index (χ0) is 19.7. The van der Waals surface area contributed by atoms with Crippen LogP contribution in [-0.4, -0.2) is 20.1 Å². The molecule has 0 radical (unpaired) electrons. The first-order valence-electron chi connectivity index (χ1n) is 8.58. The van der Waals surface area contributed by atoms with Crippen molar-refractivity contribution < 1.29 is 9.34 Å². The quantitative estimate of drug-likeness (QED) is 0.265. The minimum Gasteiger partial charge on any atom is -0.420 e. The van der Waals surface area contributed by atoms with E-state index < -0.39 is 4.92 Å². The van der Waals surface area contributed by atoms with Crippen LogP contribution in [0.3, 0.4) is 0 Å². The second kappa shape index (κ2) is 7.40. The molecule has 2 heterocycles. The third kappa shape index (κ3) is 3.59. The predicted molar refractivity (Wildman–Crippen MR) is 107 cm³/mol. The third-order valence-electron chi connectivity index (χ3n) is 4.36. The van der Waals surface area contributed by atoms with E-state index in [4.69, 9.17) is 9.40 Å². The number of rotatable bonds is 5. The predicted octanol–water partition coefficient (Wildman–Crippen LogP) is 5.10. The van der Waals surface area contributed by atoms with E-state index >= 15 is 0 Å². The fraction of sp³-hybridized carbons (Fsp3) is 0.150. The van der Waals surface area contributed by atoms with Crippen molar-refractivity contribution in [3.8, 4) is 11.5 Å². The molecule has 0 aliphatic rings. The summed E-state index contributed by atoms with van der Waals surface area (Å²) in [5.74, 6) is 1.30. The molecule has 0 N–H and O–H groups in total. The number of hydrogen-bond donors (Lipinski definition) is 0. The van der Waals surface area contributed by atoms with Crippen molar-refractivity contribution in [1.82, 2.24) is 15.2 Å². The average Bonchev–Trinajstić information content (AvgIpc) is 3.16. The van der Waals surface area contributed by atoms with Gasteiger partial charge in [0.1, 0.15) is 0 Å². The lowest BCUT2D eigenvalue weighted by Gasteiger charge is -2.07. The van der Waals surface area contributed by atoms with Gasteiger partial charge < -0.3 is 4.42 Å². The lowest BCUT2D eigenvalue weighted by Crippen LogP contribution is -1.90. The normalized spacial score (nSPS) is 11.1. The van der Waals surface area contributed by atoms with E-state index in [0.29, 0.717) is 23.1 Å². The Morgan fingerprint density at radius 3 is 2.61 bits per heavy atom. The molecule has 0 bridgehead atoms. The summed E-state index contributed by atoms with van der Waals surface area (Å²) in [7, 11) is 0. The minimum atomic E-state index is -0.445. The Morgan fingerprint density at radius 2 is 1.86 bits per heavy atom. The molecule has 8 heteroatoms. The van der Waals surface area contributed by atoms with E-state index in [2.05, 4.69) is 42.2 Å². The molecule has 0 saturated heterocycles. The molecule has 0 amide bonds. The summed E-state index contributed by atoms with van der Waals surface area (Å²) in [6, 6.07) is 14.2. The molecule has 0 fully saturated rings. The van der Waals surface area contributed by atoms with Gasteiger partial charge in [0.25, 0.3) is 5.69 Å². The van der Waals surface area contributed by atoms with E-state index in [1.165, 1.54) is 29.5 Å². The second-order valence-corrected chi connectivity index (χ2v) is 7.34. The first-order chi connectivity index (χ1) is 13.5. The van der Waals surface area contributed by atoms with Gasteiger partial charge in [0.15, 0.2) is 0 Å². The number of hydrogen-bond acceptors (Lipinski definition) is 7. The number of nitro benzene ring substituents is 1. The summed E-state index contributed by atoms with van der Waals surface area (Å²) in [6.07, 6.45) is 0. The first-order valence-corrected chi connectivity index (χ1v) is 9.57. The summed E-state index contributed by atoms with van der Waals surface area (Å²) in [4.78, 5) is 15.1. The molecular weight excluding hydrogens is 376 g/mol. The van der Waals surface area contributed by atoms with Gasteiger partial charge in [-0.25, -0.2) is 4.98 Å². The number of nitro groups is 1. The van der Waals surface area contributed by atoms with Crippen molar-refractivity contribution >= 4 is 28.4 Å². The van der Waals surface area contributed by atoms with Gasteiger partial charge in [0, 0.05) is 23.1 Å². The minimum absolute atomic E-state index is 0.0205. The van der Waals surface area contributed by atoms with Crippen LogP contribution in [0.4, 0.5) is 5.69 Å². The van der Waals surface area contributed by atoms with Gasteiger partial charge in [0.05, 0.1) is 21.2 Å². The lowest BCUT2D eigenvalue weighted by molar-refractivity contribution is -0.384. The van der Waals surface area contributed by atoms with Crippen molar-refractivity contribution in [3.63, 3.8) is 0 Å². The van der Waals surface area contributed by atoms with Crippen LogP contribution in [-0.2, 0) is 5.75 Å². The number of aryl methyl sites for hydroxylation is 2. The van der Waals surface area contributed by atoms with E-state index in [1.807, 2.05) is 6.07 Å². The van der Waals surface area contributed by atoms with Gasteiger partial charge in [-0.1, -0.05) is 30.0 Å². The SMILES string of the molecule is Cc1cc(SCc2nnc(-c3ccc([N+](=O)[O-])cc3)o2)nc2c(C)cccc12. The molecule has 2 aromatic carbocycles. The van der Waals surface area contributed by atoms with Crippen molar-refractivity contribution in [2.24, 2.45) is 0 Å². The average molecular weight is 392 g/mol. The van der Waals surface area contributed by atoms with E-state index in [0.717, 1.165) is 21.5 Å². The maximum absolute atomic E-state index is 10.7. The van der Waals surface area contributed by atoms with Crippen LogP contribution in [0.15, 0.2) is 58.0 Å². The zero-order valence-corrected chi connectivity index (χ0v) is 16.1. The Morgan fingerprint density at radius 1 is 1.07 bits per heavy atom. The van der Waals surface area contributed by atoms with Crippen LogP contribution in [0.25, 0.3) is 22.4 Å². The highest BCUT2D eigenvalue weighted by Gasteiger charge is 2.12. The first kappa shape index (κ1) is 18.1. The highest BCUT2D eigenvalue weighted by Crippen LogP contribution is 2.28. The molecule has 0 aliphatic carbocycles. The number of aromatic nitrogens is 3. The molecule has 0 spiro atoms. The monoisotopic (exact) mass is 392 g/mol. The molecule has 0 aliphatic heterocycles. The number of nitrogens with zero attached hydrogens (tertiary/aromatic N) is 4. The van der Waals surface area contributed by atoms with E-state index in [1.54, 1.807) is 12.1 Å².